The molecule has 2 atom stereocenters. The average molecular weight is 444 g/mol. The van der Waals surface area contributed by atoms with Crippen LogP contribution in [0.3, 0.4) is 0 Å². The molecule has 0 unspecified atom stereocenters. The third kappa shape index (κ3) is 3.35. The molecule has 30 heavy (non-hydrogen) atoms. The molecule has 0 spiro atoms. The Bertz CT molecular complexity index is 1190. The van der Waals surface area contributed by atoms with Gasteiger partial charge in [0, 0.05) is 10.3 Å². The fourth-order valence-electron chi connectivity index (χ4n) is 3.82. The van der Waals surface area contributed by atoms with Crippen molar-refractivity contribution in [2.24, 2.45) is 0 Å². The van der Waals surface area contributed by atoms with Crippen LogP contribution >= 0.6 is 11.3 Å². The molecule has 1 saturated carbocycles. The van der Waals surface area contributed by atoms with Crippen molar-refractivity contribution < 1.29 is 23.4 Å². The van der Waals surface area contributed by atoms with E-state index < -0.39 is 26.9 Å². The monoisotopic (exact) mass is 443 g/mol. The van der Waals surface area contributed by atoms with Crippen LogP contribution in [0.4, 0.5) is 0 Å². The Kier molecular flexibility index (Phi) is 5.06. The Morgan fingerprint density at radius 3 is 2.33 bits per heavy atom. The Labute approximate surface area is 178 Å². The van der Waals surface area contributed by atoms with Gasteiger partial charge in [-0.25, -0.2) is 8.42 Å². The third-order valence-corrected chi connectivity index (χ3v) is 8.91. The number of carboxylic acid groups (broad SMARTS) is 1. The molecule has 0 aliphatic heterocycles. The zero-order valence-electron chi connectivity index (χ0n) is 16.2. The van der Waals surface area contributed by atoms with E-state index in [1.807, 2.05) is 42.5 Å². The second kappa shape index (κ2) is 7.31. The molecule has 8 heteroatoms. The molecule has 6 nitrogen and oxygen atoms in total. The van der Waals surface area contributed by atoms with Gasteiger partial charge in [-0.1, -0.05) is 61.5 Å². The molecule has 0 saturated heterocycles. The Hall–Kier alpha value is -2.52. The first-order valence-electron chi connectivity index (χ1n) is 9.35. The molecule has 2 aromatic carbocycles. The van der Waals surface area contributed by atoms with Gasteiger partial charge in [0.25, 0.3) is 10.0 Å². The quantitative estimate of drug-likeness (QED) is 0.519. The Morgan fingerprint density at radius 2 is 1.73 bits per heavy atom. The summed E-state index contributed by atoms with van der Waals surface area (Å²) in [5, 5.41) is 19.1. The highest BCUT2D eigenvalue weighted by atomic mass is 32.2. The number of benzene rings is 2. The highest BCUT2D eigenvalue weighted by Gasteiger charge is 2.72. The van der Waals surface area contributed by atoms with Gasteiger partial charge in [-0.3, -0.25) is 4.79 Å². The van der Waals surface area contributed by atoms with Crippen molar-refractivity contribution in [1.82, 2.24) is 4.72 Å². The van der Waals surface area contributed by atoms with E-state index >= 15 is 0 Å². The Morgan fingerprint density at radius 1 is 1.07 bits per heavy atom. The van der Waals surface area contributed by atoms with Crippen LogP contribution in [0.25, 0.3) is 10.4 Å². The van der Waals surface area contributed by atoms with Gasteiger partial charge in [0.15, 0.2) is 0 Å². The maximum absolute atomic E-state index is 13.1. The highest BCUT2D eigenvalue weighted by Crippen LogP contribution is 2.58. The first-order chi connectivity index (χ1) is 14.2. The standard InChI is InChI=1S/C22H21NO5S2/c1-21(17-5-3-2-4-6-17)14-22(21,20(25)26)23-30(27,28)19-12-11-18(29-19)16-9-7-15(13-24)8-10-16/h2-12,23-24H,13-14H2,1H3,(H,25,26)/t21-,22-/m1/s1. The van der Waals surface area contributed by atoms with E-state index in [9.17, 15) is 18.3 Å². The van der Waals surface area contributed by atoms with Crippen molar-refractivity contribution in [2.75, 3.05) is 0 Å². The molecule has 156 valence electrons. The van der Waals surface area contributed by atoms with Crippen molar-refractivity contribution >= 4 is 27.3 Å². The maximum Gasteiger partial charge on any atom is 0.325 e. The summed E-state index contributed by atoms with van der Waals surface area (Å²) in [6.07, 6.45) is 0.180. The summed E-state index contributed by atoms with van der Waals surface area (Å²) < 4.78 is 28.7. The number of hydrogen-bond donors (Lipinski definition) is 3. The highest BCUT2D eigenvalue weighted by molar-refractivity contribution is 7.91. The summed E-state index contributed by atoms with van der Waals surface area (Å²) in [6, 6.07) is 19.5. The summed E-state index contributed by atoms with van der Waals surface area (Å²) >= 11 is 1.08. The van der Waals surface area contributed by atoms with Crippen LogP contribution < -0.4 is 4.72 Å². The van der Waals surface area contributed by atoms with Crippen LogP contribution in [0.5, 0.6) is 0 Å². The van der Waals surface area contributed by atoms with E-state index in [2.05, 4.69) is 4.72 Å². The van der Waals surface area contributed by atoms with Gasteiger partial charge in [0.1, 0.15) is 9.75 Å². The molecule has 1 aliphatic carbocycles. The molecular formula is C22H21NO5S2. The number of aliphatic hydroxyl groups excluding tert-OH is 1. The van der Waals surface area contributed by atoms with Crippen molar-refractivity contribution in [1.29, 1.82) is 0 Å². The minimum Gasteiger partial charge on any atom is -0.480 e. The molecule has 0 amide bonds. The molecule has 1 fully saturated rings. The molecule has 4 rings (SSSR count). The lowest BCUT2D eigenvalue weighted by Crippen LogP contribution is -2.47. The van der Waals surface area contributed by atoms with E-state index in [0.717, 1.165) is 32.9 Å². The fraction of sp³-hybridized carbons (Fsp3) is 0.227. The van der Waals surface area contributed by atoms with Crippen molar-refractivity contribution in [3.63, 3.8) is 0 Å². The molecule has 0 radical (unpaired) electrons. The molecule has 1 aromatic heterocycles. The summed E-state index contributed by atoms with van der Waals surface area (Å²) in [4.78, 5) is 12.9. The SMILES string of the molecule is C[C@]1(c2ccccc2)C[C@@]1(NS(=O)(=O)c1ccc(-c2ccc(CO)cc2)s1)C(=O)O. The van der Waals surface area contributed by atoms with Gasteiger partial charge < -0.3 is 10.2 Å². The number of sulfonamides is 1. The van der Waals surface area contributed by atoms with E-state index in [1.165, 1.54) is 6.07 Å². The smallest absolute Gasteiger partial charge is 0.325 e. The largest absolute Gasteiger partial charge is 0.480 e. The van der Waals surface area contributed by atoms with Gasteiger partial charge in [-0.2, -0.15) is 4.72 Å². The zero-order chi connectivity index (χ0) is 21.6. The normalized spacial score (nSPS) is 23.3. The van der Waals surface area contributed by atoms with Crippen LogP contribution in [0.1, 0.15) is 24.5 Å². The van der Waals surface area contributed by atoms with Crippen LogP contribution in [0, 0.1) is 0 Å². The lowest BCUT2D eigenvalue weighted by atomic mass is 9.93. The number of thiophene rings is 1. The van der Waals surface area contributed by atoms with Gasteiger partial charge in [0.2, 0.25) is 0 Å². The maximum atomic E-state index is 13.1. The van der Waals surface area contributed by atoms with E-state index in [0.29, 0.717) is 0 Å². The summed E-state index contributed by atoms with van der Waals surface area (Å²) in [5.74, 6) is -1.19. The molecule has 3 N–H and O–H groups in total. The molecule has 1 heterocycles. The third-order valence-electron chi connectivity index (χ3n) is 5.79. The number of nitrogens with one attached hydrogen (secondary N) is 1. The first kappa shape index (κ1) is 20.7. The first-order valence-corrected chi connectivity index (χ1v) is 11.6. The predicted octanol–water partition coefficient (Wildman–Crippen LogP) is 3.37. The Balaban J connectivity index is 1.63. The lowest BCUT2D eigenvalue weighted by Gasteiger charge is -2.20. The minimum atomic E-state index is -4.03. The predicted molar refractivity (Wildman–Crippen MR) is 115 cm³/mol. The topological polar surface area (TPSA) is 104 Å². The van der Waals surface area contributed by atoms with Crippen LogP contribution in [-0.4, -0.2) is 30.1 Å². The molecule has 1 aliphatic rings. The zero-order valence-corrected chi connectivity index (χ0v) is 17.8. The van der Waals surface area contributed by atoms with E-state index in [-0.39, 0.29) is 17.2 Å². The second-order valence-corrected chi connectivity index (χ2v) is 10.7. The van der Waals surface area contributed by atoms with Gasteiger partial charge in [0.05, 0.1) is 6.61 Å². The van der Waals surface area contributed by atoms with Crippen molar-refractivity contribution in [2.45, 2.75) is 35.1 Å². The number of hydrogen-bond acceptors (Lipinski definition) is 5. The number of aliphatic carboxylic acids is 1. The number of rotatable bonds is 7. The van der Waals surface area contributed by atoms with Crippen LogP contribution in [0.15, 0.2) is 70.9 Å². The molecule has 3 aromatic rings. The van der Waals surface area contributed by atoms with Crippen molar-refractivity contribution in [3.05, 3.63) is 77.9 Å². The lowest BCUT2D eigenvalue weighted by molar-refractivity contribution is -0.140. The fourth-order valence-corrected chi connectivity index (χ4v) is 6.59. The minimum absolute atomic E-state index is 0.0617. The second-order valence-electron chi connectivity index (χ2n) is 7.66. The summed E-state index contributed by atoms with van der Waals surface area (Å²) in [5.41, 5.74) is -0.0340. The van der Waals surface area contributed by atoms with E-state index in [4.69, 9.17) is 5.11 Å². The summed E-state index contributed by atoms with van der Waals surface area (Å²) in [6.45, 7) is 1.70. The molecule has 0 bridgehead atoms. The van der Waals surface area contributed by atoms with Gasteiger partial charge in [-0.05, 0) is 35.2 Å². The number of carboxylic acids is 1. The average Bonchev–Trinajstić information content (AvgIpc) is 3.11. The summed E-state index contributed by atoms with van der Waals surface area (Å²) in [7, 11) is -4.03. The van der Waals surface area contributed by atoms with Gasteiger partial charge in [-0.15, -0.1) is 11.3 Å². The van der Waals surface area contributed by atoms with Crippen molar-refractivity contribution in [3.8, 4) is 10.4 Å². The number of aliphatic hydroxyl groups is 1. The van der Waals surface area contributed by atoms with Crippen LogP contribution in [0.2, 0.25) is 0 Å². The van der Waals surface area contributed by atoms with Crippen LogP contribution in [-0.2, 0) is 26.8 Å². The number of carbonyl (C=O) groups is 1. The van der Waals surface area contributed by atoms with Gasteiger partial charge >= 0.3 is 5.97 Å². The molecular weight excluding hydrogens is 422 g/mol. The van der Waals surface area contributed by atoms with E-state index in [1.54, 1.807) is 25.1 Å².